The van der Waals surface area contributed by atoms with Crippen LogP contribution in [-0.4, -0.2) is 38.0 Å². The lowest BCUT2D eigenvalue weighted by Gasteiger charge is -2.21. The number of benzene rings is 1. The molecule has 1 amide bonds. The van der Waals surface area contributed by atoms with Gasteiger partial charge in [0.05, 0.1) is 31.1 Å². The number of alkyl halides is 3. The van der Waals surface area contributed by atoms with E-state index in [9.17, 15) is 31.1 Å². The molecule has 3 aromatic rings. The number of nitrogens with two attached hydrogens (primary N) is 1. The zero-order valence-corrected chi connectivity index (χ0v) is 19.3. The first-order valence-electron chi connectivity index (χ1n) is 10.3. The Hall–Kier alpha value is -3.62. The number of amides is 1. The lowest BCUT2D eigenvalue weighted by molar-refractivity contribution is -0.137. The maximum atomic E-state index is 13.9. The van der Waals surface area contributed by atoms with Gasteiger partial charge in [0.15, 0.2) is 5.82 Å². The van der Waals surface area contributed by atoms with Crippen LogP contribution >= 0.6 is 0 Å². The van der Waals surface area contributed by atoms with Crippen LogP contribution in [0.2, 0.25) is 0 Å². The largest absolute Gasteiger partial charge is 0.450 e. The standard InChI is InChI=1S/C22H20F4N4O5S/c23-17-7-3-8-18(28-17)30(36(32)33)19-10-9-16(22(24,25)26)20(29-19)15-6-2-1-5-14(15)13-34-11-4-12-35-21(27)31/h1-3,5-10H,4,11-13H2,(H2,27,31)(H,32,33). The van der Waals surface area contributed by atoms with Gasteiger partial charge in [0, 0.05) is 12.0 Å². The van der Waals surface area contributed by atoms with Crippen LogP contribution in [-0.2, 0) is 33.5 Å². The van der Waals surface area contributed by atoms with Gasteiger partial charge < -0.3 is 15.2 Å². The average molecular weight is 528 g/mol. The van der Waals surface area contributed by atoms with Crippen molar-refractivity contribution in [1.82, 2.24) is 9.97 Å². The van der Waals surface area contributed by atoms with Gasteiger partial charge in [-0.2, -0.15) is 17.6 Å². The third-order valence-corrected chi connectivity index (χ3v) is 5.35. The minimum atomic E-state index is -4.80. The van der Waals surface area contributed by atoms with Crippen molar-refractivity contribution in [2.24, 2.45) is 5.73 Å². The van der Waals surface area contributed by atoms with Crippen molar-refractivity contribution < 1.29 is 40.6 Å². The van der Waals surface area contributed by atoms with Gasteiger partial charge in [0.2, 0.25) is 5.95 Å². The summed E-state index contributed by atoms with van der Waals surface area (Å²) in [7, 11) is 0. The molecular weight excluding hydrogens is 508 g/mol. The molecule has 1 atom stereocenters. The van der Waals surface area contributed by atoms with E-state index in [1.807, 2.05) is 0 Å². The van der Waals surface area contributed by atoms with Gasteiger partial charge in [0.1, 0.15) is 5.82 Å². The summed E-state index contributed by atoms with van der Waals surface area (Å²) in [6.45, 7) is 0.0435. The van der Waals surface area contributed by atoms with E-state index in [4.69, 9.17) is 10.5 Å². The molecule has 0 saturated carbocycles. The maximum absolute atomic E-state index is 13.9. The molecule has 14 heteroatoms. The van der Waals surface area contributed by atoms with Gasteiger partial charge in [-0.15, -0.1) is 0 Å². The van der Waals surface area contributed by atoms with Crippen molar-refractivity contribution in [1.29, 1.82) is 0 Å². The van der Waals surface area contributed by atoms with Gasteiger partial charge in [-0.25, -0.2) is 23.3 Å². The molecule has 1 aromatic carbocycles. The van der Waals surface area contributed by atoms with E-state index >= 15 is 0 Å². The van der Waals surface area contributed by atoms with Gasteiger partial charge in [0.25, 0.3) is 11.3 Å². The Bertz CT molecular complexity index is 1250. The molecule has 1 unspecified atom stereocenters. The minimum absolute atomic E-state index is 0.0149. The molecule has 9 nitrogen and oxygen atoms in total. The smallest absolute Gasteiger partial charge is 0.418 e. The van der Waals surface area contributed by atoms with Crippen LogP contribution in [0.15, 0.2) is 54.6 Å². The highest BCUT2D eigenvalue weighted by Crippen LogP contribution is 2.39. The Morgan fingerprint density at radius 1 is 1.03 bits per heavy atom. The molecule has 2 aromatic heterocycles. The first-order valence-corrected chi connectivity index (χ1v) is 11.3. The number of primary amides is 1. The van der Waals surface area contributed by atoms with Crippen molar-refractivity contribution in [2.75, 3.05) is 17.5 Å². The van der Waals surface area contributed by atoms with Crippen molar-refractivity contribution in [3.63, 3.8) is 0 Å². The normalized spacial score (nSPS) is 12.2. The second-order valence-electron chi connectivity index (χ2n) is 7.14. The third kappa shape index (κ3) is 6.96. The van der Waals surface area contributed by atoms with E-state index in [1.54, 1.807) is 12.1 Å². The topological polar surface area (TPSA) is 128 Å². The summed E-state index contributed by atoms with van der Waals surface area (Å²) in [5, 5.41) is 0. The summed E-state index contributed by atoms with van der Waals surface area (Å²) in [4.78, 5) is 18.2. The van der Waals surface area contributed by atoms with E-state index in [1.165, 1.54) is 24.3 Å². The first-order chi connectivity index (χ1) is 17.1. The number of nitrogens with zero attached hydrogens (tertiary/aromatic N) is 3. The molecule has 0 saturated heterocycles. The zero-order valence-electron chi connectivity index (χ0n) is 18.4. The lowest BCUT2D eigenvalue weighted by Crippen LogP contribution is -2.22. The number of ether oxygens (including phenoxy) is 2. The molecule has 0 aliphatic heterocycles. The second kappa shape index (κ2) is 11.9. The highest BCUT2D eigenvalue weighted by molar-refractivity contribution is 7.81. The van der Waals surface area contributed by atoms with E-state index in [0.717, 1.165) is 18.2 Å². The number of pyridine rings is 2. The Kier molecular flexibility index (Phi) is 8.90. The second-order valence-corrected chi connectivity index (χ2v) is 7.96. The number of halogens is 4. The van der Waals surface area contributed by atoms with Crippen molar-refractivity contribution in [3.8, 4) is 11.3 Å². The van der Waals surface area contributed by atoms with Crippen LogP contribution in [0.5, 0.6) is 0 Å². The molecule has 0 radical (unpaired) electrons. The number of rotatable bonds is 10. The van der Waals surface area contributed by atoms with E-state index in [0.29, 0.717) is 16.3 Å². The highest BCUT2D eigenvalue weighted by atomic mass is 32.2. The van der Waals surface area contributed by atoms with Crippen LogP contribution in [0.4, 0.5) is 34.0 Å². The summed E-state index contributed by atoms with van der Waals surface area (Å²) in [5.41, 5.74) is 3.67. The minimum Gasteiger partial charge on any atom is -0.450 e. The highest BCUT2D eigenvalue weighted by Gasteiger charge is 2.36. The average Bonchev–Trinajstić information content (AvgIpc) is 2.80. The van der Waals surface area contributed by atoms with Gasteiger partial charge in [-0.1, -0.05) is 30.3 Å². The van der Waals surface area contributed by atoms with E-state index in [2.05, 4.69) is 14.7 Å². The summed E-state index contributed by atoms with van der Waals surface area (Å²) in [6, 6.07) is 11.1. The summed E-state index contributed by atoms with van der Waals surface area (Å²) in [6.07, 6.45) is -5.43. The first kappa shape index (κ1) is 27.0. The predicted octanol–water partition coefficient (Wildman–Crippen LogP) is 4.58. The third-order valence-electron chi connectivity index (χ3n) is 4.67. The number of hydrogen-bond acceptors (Lipinski definition) is 6. The summed E-state index contributed by atoms with van der Waals surface area (Å²) >= 11 is -2.83. The number of aromatic nitrogens is 2. The van der Waals surface area contributed by atoms with E-state index < -0.39 is 40.7 Å². The van der Waals surface area contributed by atoms with Gasteiger partial charge >= 0.3 is 12.3 Å². The lowest BCUT2D eigenvalue weighted by atomic mass is 10.00. The van der Waals surface area contributed by atoms with Gasteiger partial charge in [-0.3, -0.25) is 4.55 Å². The Morgan fingerprint density at radius 2 is 1.75 bits per heavy atom. The fourth-order valence-electron chi connectivity index (χ4n) is 3.18. The van der Waals surface area contributed by atoms with Crippen LogP contribution < -0.4 is 10.0 Å². The number of hydrogen-bond donors (Lipinski definition) is 2. The summed E-state index contributed by atoms with van der Waals surface area (Å²) in [5.74, 6) is -1.65. The Labute approximate surface area is 205 Å². The SMILES string of the molecule is NC(=O)OCCCOCc1ccccc1-c1nc(N(c2cccc(F)n2)S(=O)O)ccc1C(F)(F)F. The molecule has 0 fully saturated rings. The fourth-order valence-corrected chi connectivity index (χ4v) is 3.70. The van der Waals surface area contributed by atoms with Crippen molar-refractivity contribution >= 4 is 29.0 Å². The Balaban J connectivity index is 2.00. The fraction of sp³-hybridized carbons (Fsp3) is 0.227. The summed E-state index contributed by atoms with van der Waals surface area (Å²) < 4.78 is 87.8. The number of anilines is 2. The molecule has 2 heterocycles. The molecule has 0 spiro atoms. The monoisotopic (exact) mass is 528 g/mol. The van der Waals surface area contributed by atoms with E-state index in [-0.39, 0.29) is 37.0 Å². The zero-order chi connectivity index (χ0) is 26.3. The van der Waals surface area contributed by atoms with Crippen LogP contribution in [0.1, 0.15) is 17.5 Å². The molecule has 0 bridgehead atoms. The molecular formula is C22H20F4N4O5S. The quantitative estimate of drug-likeness (QED) is 0.171. The molecule has 192 valence electrons. The molecule has 0 aliphatic rings. The van der Waals surface area contributed by atoms with Crippen molar-refractivity contribution in [3.05, 3.63) is 71.7 Å². The Morgan fingerprint density at radius 3 is 2.42 bits per heavy atom. The maximum Gasteiger partial charge on any atom is 0.418 e. The number of carbonyl (C=O) groups is 1. The molecule has 36 heavy (non-hydrogen) atoms. The molecule has 3 rings (SSSR count). The van der Waals surface area contributed by atoms with Crippen LogP contribution in [0.3, 0.4) is 0 Å². The van der Waals surface area contributed by atoms with Crippen LogP contribution in [0.25, 0.3) is 11.3 Å². The van der Waals surface area contributed by atoms with Crippen LogP contribution in [0, 0.1) is 5.95 Å². The molecule has 3 N–H and O–H groups in total. The van der Waals surface area contributed by atoms with Gasteiger partial charge in [-0.05, 0) is 29.8 Å². The van der Waals surface area contributed by atoms with Crippen molar-refractivity contribution in [2.45, 2.75) is 19.2 Å². The molecule has 0 aliphatic carbocycles. The predicted molar refractivity (Wildman–Crippen MR) is 122 cm³/mol. The number of carbonyl (C=O) groups excluding carboxylic acids is 1.